The van der Waals surface area contributed by atoms with E-state index in [1.54, 1.807) is 0 Å². The van der Waals surface area contributed by atoms with Gasteiger partial charge in [0.1, 0.15) is 5.82 Å². The SMILES string of the molecule is CN(CCCCCBr)C(=O)c1cc(F)cc([N+](=O)[O-])c1F. The molecule has 21 heavy (non-hydrogen) atoms. The maximum Gasteiger partial charge on any atom is 0.308 e. The van der Waals surface area contributed by atoms with Crippen LogP contribution in [0.2, 0.25) is 0 Å². The molecule has 1 aromatic carbocycles. The molecule has 0 bridgehead atoms. The van der Waals surface area contributed by atoms with Crippen LogP contribution in [-0.4, -0.2) is 34.7 Å². The van der Waals surface area contributed by atoms with Crippen LogP contribution in [-0.2, 0) is 0 Å². The average molecular weight is 365 g/mol. The first-order valence-electron chi connectivity index (χ1n) is 6.33. The zero-order valence-electron chi connectivity index (χ0n) is 11.4. The summed E-state index contributed by atoms with van der Waals surface area (Å²) < 4.78 is 27.2. The summed E-state index contributed by atoms with van der Waals surface area (Å²) in [5.74, 6) is -3.09. The van der Waals surface area contributed by atoms with Crippen molar-refractivity contribution >= 4 is 27.5 Å². The summed E-state index contributed by atoms with van der Waals surface area (Å²) in [6.07, 6.45) is 2.54. The monoisotopic (exact) mass is 364 g/mol. The van der Waals surface area contributed by atoms with Gasteiger partial charge in [0.15, 0.2) is 0 Å². The van der Waals surface area contributed by atoms with Crippen LogP contribution in [0.4, 0.5) is 14.5 Å². The van der Waals surface area contributed by atoms with Crippen LogP contribution in [0.1, 0.15) is 29.6 Å². The first kappa shape index (κ1) is 17.5. The van der Waals surface area contributed by atoms with E-state index in [0.717, 1.165) is 18.2 Å². The highest BCUT2D eigenvalue weighted by atomic mass is 79.9. The molecule has 0 fully saturated rings. The van der Waals surface area contributed by atoms with Crippen LogP contribution in [0.25, 0.3) is 0 Å². The number of benzene rings is 1. The Morgan fingerprint density at radius 1 is 1.33 bits per heavy atom. The number of amides is 1. The minimum absolute atomic E-state index is 0.371. The molecule has 0 unspecified atom stereocenters. The fraction of sp³-hybridized carbons (Fsp3) is 0.462. The normalized spacial score (nSPS) is 10.5. The number of unbranched alkanes of at least 4 members (excludes halogenated alkanes) is 2. The van der Waals surface area contributed by atoms with Crippen molar-refractivity contribution in [2.45, 2.75) is 19.3 Å². The lowest BCUT2D eigenvalue weighted by molar-refractivity contribution is -0.387. The summed E-state index contributed by atoms with van der Waals surface area (Å²) in [6, 6.07) is 1.14. The van der Waals surface area contributed by atoms with Crippen molar-refractivity contribution in [1.82, 2.24) is 4.90 Å². The van der Waals surface area contributed by atoms with E-state index >= 15 is 0 Å². The van der Waals surface area contributed by atoms with Gasteiger partial charge in [-0.25, -0.2) is 4.39 Å². The first-order chi connectivity index (χ1) is 9.88. The summed E-state index contributed by atoms with van der Waals surface area (Å²) in [7, 11) is 1.45. The molecule has 0 aromatic heterocycles. The van der Waals surface area contributed by atoms with Crippen LogP contribution in [0.5, 0.6) is 0 Å². The number of halogens is 3. The number of hydrogen-bond acceptors (Lipinski definition) is 3. The lowest BCUT2D eigenvalue weighted by Gasteiger charge is -2.17. The largest absolute Gasteiger partial charge is 0.342 e. The van der Waals surface area contributed by atoms with Crippen molar-refractivity contribution in [2.75, 3.05) is 18.9 Å². The lowest BCUT2D eigenvalue weighted by Crippen LogP contribution is -2.28. The molecular formula is C13H15BrF2N2O3. The standard InChI is InChI=1S/C13H15BrF2N2O3/c1-17(6-4-2-3-5-14)13(19)10-7-9(15)8-11(12(10)16)18(20)21/h7-8H,2-6H2,1H3. The Balaban J connectivity index is 2.89. The Morgan fingerprint density at radius 3 is 2.57 bits per heavy atom. The Bertz CT molecular complexity index is 540. The zero-order chi connectivity index (χ0) is 16.0. The summed E-state index contributed by atoms with van der Waals surface area (Å²) in [4.78, 5) is 22.9. The van der Waals surface area contributed by atoms with Gasteiger partial charge in [-0.2, -0.15) is 4.39 Å². The predicted molar refractivity (Wildman–Crippen MR) is 77.6 cm³/mol. The number of nitro groups is 1. The third-order valence-corrected chi connectivity index (χ3v) is 3.48. The van der Waals surface area contributed by atoms with E-state index in [-0.39, 0.29) is 0 Å². The molecule has 0 aliphatic heterocycles. The second kappa shape index (κ2) is 8.02. The molecule has 1 amide bonds. The molecule has 8 heteroatoms. The molecule has 0 aliphatic rings. The van der Waals surface area contributed by atoms with Gasteiger partial charge in [-0.3, -0.25) is 14.9 Å². The molecule has 116 valence electrons. The van der Waals surface area contributed by atoms with Crippen LogP contribution in [0.3, 0.4) is 0 Å². The van der Waals surface area contributed by atoms with E-state index in [2.05, 4.69) is 15.9 Å². The van der Waals surface area contributed by atoms with E-state index in [4.69, 9.17) is 0 Å². The minimum Gasteiger partial charge on any atom is -0.342 e. The highest BCUT2D eigenvalue weighted by molar-refractivity contribution is 9.09. The minimum atomic E-state index is -1.31. The van der Waals surface area contributed by atoms with Crippen LogP contribution >= 0.6 is 15.9 Å². The van der Waals surface area contributed by atoms with Gasteiger partial charge in [0.05, 0.1) is 16.6 Å². The summed E-state index contributed by atoms with van der Waals surface area (Å²) in [6.45, 7) is 0.371. The number of nitro benzene ring substituents is 1. The molecule has 0 atom stereocenters. The quantitative estimate of drug-likeness (QED) is 0.322. The molecule has 0 N–H and O–H groups in total. The molecule has 0 radical (unpaired) electrons. The number of carbonyl (C=O) groups is 1. The number of alkyl halides is 1. The fourth-order valence-electron chi connectivity index (χ4n) is 1.79. The summed E-state index contributed by atoms with van der Waals surface area (Å²) >= 11 is 3.29. The van der Waals surface area contributed by atoms with E-state index in [0.29, 0.717) is 25.1 Å². The molecule has 0 aliphatic carbocycles. The topological polar surface area (TPSA) is 63.5 Å². The molecule has 0 spiro atoms. The smallest absolute Gasteiger partial charge is 0.308 e. The molecular weight excluding hydrogens is 350 g/mol. The third kappa shape index (κ3) is 4.73. The lowest BCUT2D eigenvalue weighted by atomic mass is 10.1. The fourth-order valence-corrected chi connectivity index (χ4v) is 2.19. The van der Waals surface area contributed by atoms with Crippen molar-refractivity contribution in [3.05, 3.63) is 39.4 Å². The van der Waals surface area contributed by atoms with Gasteiger partial charge >= 0.3 is 5.69 Å². The number of hydrogen-bond donors (Lipinski definition) is 0. The van der Waals surface area contributed by atoms with Crippen LogP contribution in [0, 0.1) is 21.7 Å². The third-order valence-electron chi connectivity index (χ3n) is 2.92. The molecule has 1 rings (SSSR count). The predicted octanol–water partition coefficient (Wildman–Crippen LogP) is 3.51. The van der Waals surface area contributed by atoms with Gasteiger partial charge < -0.3 is 4.90 Å². The number of carbonyl (C=O) groups excluding carboxylic acids is 1. The van der Waals surface area contributed by atoms with Gasteiger partial charge in [0, 0.05) is 18.9 Å². The molecule has 0 heterocycles. The Kier molecular flexibility index (Phi) is 6.67. The maximum absolute atomic E-state index is 13.9. The highest BCUT2D eigenvalue weighted by Crippen LogP contribution is 2.23. The second-order valence-corrected chi connectivity index (χ2v) is 5.31. The van der Waals surface area contributed by atoms with Gasteiger partial charge in [-0.1, -0.05) is 22.4 Å². The van der Waals surface area contributed by atoms with Crippen LogP contribution in [0.15, 0.2) is 12.1 Å². The van der Waals surface area contributed by atoms with Gasteiger partial charge in [-0.15, -0.1) is 0 Å². The Hall–Kier alpha value is -1.57. The van der Waals surface area contributed by atoms with Crippen molar-refractivity contribution in [1.29, 1.82) is 0 Å². The van der Waals surface area contributed by atoms with E-state index in [1.165, 1.54) is 11.9 Å². The van der Waals surface area contributed by atoms with Crippen LogP contribution < -0.4 is 0 Å². The average Bonchev–Trinajstić information content (AvgIpc) is 2.44. The number of nitrogens with zero attached hydrogens (tertiary/aromatic N) is 2. The van der Waals surface area contributed by atoms with Crippen molar-refractivity contribution in [3.63, 3.8) is 0 Å². The van der Waals surface area contributed by atoms with Gasteiger partial charge in [-0.05, 0) is 18.9 Å². The summed E-state index contributed by atoms with van der Waals surface area (Å²) in [5, 5.41) is 11.5. The van der Waals surface area contributed by atoms with Gasteiger partial charge in [0.2, 0.25) is 5.82 Å². The number of rotatable bonds is 7. The van der Waals surface area contributed by atoms with E-state index < -0.39 is 33.7 Å². The molecule has 5 nitrogen and oxygen atoms in total. The van der Waals surface area contributed by atoms with E-state index in [1.807, 2.05) is 0 Å². The summed E-state index contributed by atoms with van der Waals surface area (Å²) in [5.41, 5.74) is -1.66. The molecule has 0 saturated carbocycles. The van der Waals surface area contributed by atoms with Crippen molar-refractivity contribution < 1.29 is 18.5 Å². The molecule has 0 saturated heterocycles. The molecule has 1 aromatic rings. The van der Waals surface area contributed by atoms with E-state index in [9.17, 15) is 23.7 Å². The van der Waals surface area contributed by atoms with Crippen molar-refractivity contribution in [3.8, 4) is 0 Å². The maximum atomic E-state index is 13.9. The van der Waals surface area contributed by atoms with Gasteiger partial charge in [0.25, 0.3) is 5.91 Å². The highest BCUT2D eigenvalue weighted by Gasteiger charge is 2.25. The zero-order valence-corrected chi connectivity index (χ0v) is 13.0. The Morgan fingerprint density at radius 2 is 2.00 bits per heavy atom. The Labute approximate surface area is 129 Å². The van der Waals surface area contributed by atoms with Crippen molar-refractivity contribution in [2.24, 2.45) is 0 Å². The first-order valence-corrected chi connectivity index (χ1v) is 7.45. The second-order valence-electron chi connectivity index (χ2n) is 4.52.